The minimum Gasteiger partial charge on any atom is -0.365 e. The predicted octanol–water partition coefficient (Wildman–Crippen LogP) is 2.02. The van der Waals surface area contributed by atoms with Gasteiger partial charge in [0.25, 0.3) is 11.8 Å². The molecule has 1 atom stereocenters. The highest BCUT2D eigenvalue weighted by molar-refractivity contribution is 5.95. The van der Waals surface area contributed by atoms with E-state index in [1.807, 2.05) is 30.3 Å². The Morgan fingerprint density at radius 1 is 0.970 bits per heavy atom. The van der Waals surface area contributed by atoms with Crippen LogP contribution in [0.3, 0.4) is 0 Å². The summed E-state index contributed by atoms with van der Waals surface area (Å²) in [4.78, 5) is 29.3. The third-order valence-electron chi connectivity index (χ3n) is 6.06. The normalized spacial score (nSPS) is 17.8. The topological polar surface area (TPSA) is 104 Å². The van der Waals surface area contributed by atoms with Crippen LogP contribution in [-0.2, 0) is 17.9 Å². The van der Waals surface area contributed by atoms with E-state index in [9.17, 15) is 9.59 Å². The lowest BCUT2D eigenvalue weighted by Crippen LogP contribution is -2.50. The van der Waals surface area contributed by atoms with Crippen molar-refractivity contribution in [3.8, 4) is 6.07 Å². The summed E-state index contributed by atoms with van der Waals surface area (Å²) in [6, 6.07) is 18.6. The number of hydrogen-bond acceptors (Lipinski definition) is 6. The highest BCUT2D eigenvalue weighted by Crippen LogP contribution is 2.27. The van der Waals surface area contributed by atoms with Crippen LogP contribution in [0.1, 0.15) is 43.8 Å². The van der Waals surface area contributed by atoms with Gasteiger partial charge in [-0.25, -0.2) is 4.68 Å². The summed E-state index contributed by atoms with van der Waals surface area (Å²) >= 11 is 0. The van der Waals surface area contributed by atoms with Crippen molar-refractivity contribution in [1.29, 1.82) is 5.26 Å². The van der Waals surface area contributed by atoms with Gasteiger partial charge in [0.1, 0.15) is 6.10 Å². The van der Waals surface area contributed by atoms with Gasteiger partial charge in [0.05, 0.1) is 30.5 Å². The molecule has 9 nitrogen and oxygen atoms in total. The van der Waals surface area contributed by atoms with Crippen LogP contribution in [-0.4, -0.2) is 62.8 Å². The summed E-state index contributed by atoms with van der Waals surface area (Å²) in [5.74, 6) is -0.336. The highest BCUT2D eigenvalue weighted by atomic mass is 16.5. The molecule has 3 aromatic rings. The number of aromatic nitrogens is 3. The molecule has 0 unspecified atom stereocenters. The van der Waals surface area contributed by atoms with E-state index in [1.54, 1.807) is 38.7 Å². The van der Waals surface area contributed by atoms with Crippen LogP contribution in [0.15, 0.2) is 54.6 Å². The molecule has 0 spiro atoms. The van der Waals surface area contributed by atoms with E-state index in [0.717, 1.165) is 5.56 Å². The van der Waals surface area contributed by atoms with Gasteiger partial charge in [-0.15, -0.1) is 5.10 Å². The molecule has 33 heavy (non-hydrogen) atoms. The molecule has 0 aliphatic carbocycles. The van der Waals surface area contributed by atoms with Gasteiger partial charge in [-0.05, 0) is 23.8 Å². The van der Waals surface area contributed by atoms with Gasteiger partial charge in [0.15, 0.2) is 5.69 Å². The molecule has 3 heterocycles. The zero-order chi connectivity index (χ0) is 22.8. The van der Waals surface area contributed by atoms with E-state index in [0.29, 0.717) is 55.2 Å². The quantitative estimate of drug-likeness (QED) is 0.615. The Morgan fingerprint density at radius 2 is 1.70 bits per heavy atom. The Kier molecular flexibility index (Phi) is 5.59. The van der Waals surface area contributed by atoms with Gasteiger partial charge in [0, 0.05) is 31.7 Å². The Bertz CT molecular complexity index is 1220. The molecule has 0 saturated carbocycles. The monoisotopic (exact) mass is 442 g/mol. The number of benzene rings is 2. The van der Waals surface area contributed by atoms with Gasteiger partial charge in [-0.2, -0.15) is 5.26 Å². The summed E-state index contributed by atoms with van der Waals surface area (Å²) in [5.41, 5.74) is 2.98. The largest absolute Gasteiger partial charge is 0.365 e. The van der Waals surface area contributed by atoms with Crippen LogP contribution in [0.4, 0.5) is 0 Å². The van der Waals surface area contributed by atoms with E-state index in [-0.39, 0.29) is 24.5 Å². The average Bonchev–Trinajstić information content (AvgIpc) is 3.32. The Balaban J connectivity index is 1.23. The second-order valence-electron chi connectivity index (χ2n) is 8.05. The molecule has 5 rings (SSSR count). The molecule has 2 amide bonds. The average molecular weight is 442 g/mol. The zero-order valence-electron chi connectivity index (χ0n) is 17.9. The molecule has 1 fully saturated rings. The summed E-state index contributed by atoms with van der Waals surface area (Å²) in [6.45, 7) is 2.41. The number of nitrogens with zero attached hydrogens (tertiary/aromatic N) is 6. The second kappa shape index (κ2) is 8.84. The highest BCUT2D eigenvalue weighted by Gasteiger charge is 2.32. The van der Waals surface area contributed by atoms with Gasteiger partial charge in [-0.3, -0.25) is 9.59 Å². The summed E-state index contributed by atoms with van der Waals surface area (Å²) in [5, 5.41) is 17.4. The molecule has 2 aromatic carbocycles. The molecule has 166 valence electrons. The van der Waals surface area contributed by atoms with Crippen LogP contribution >= 0.6 is 0 Å². The summed E-state index contributed by atoms with van der Waals surface area (Å²) in [7, 11) is 0. The molecule has 2 aliphatic rings. The number of ether oxygens (including phenoxy) is 1. The first-order valence-corrected chi connectivity index (χ1v) is 10.8. The Hall–Kier alpha value is -4.03. The number of rotatable bonds is 3. The van der Waals surface area contributed by atoms with Crippen molar-refractivity contribution in [2.75, 3.05) is 26.2 Å². The SMILES string of the molecule is N#Cc1cccc(C(=O)N2CCN(C(=O)c3nnn4c3CO[C@H](c3ccccc3)C4)CC2)c1. The van der Waals surface area contributed by atoms with E-state index in [2.05, 4.69) is 16.4 Å². The van der Waals surface area contributed by atoms with E-state index in [4.69, 9.17) is 10.00 Å². The fraction of sp³-hybridized carbons (Fsp3) is 0.292. The van der Waals surface area contributed by atoms with E-state index < -0.39 is 0 Å². The number of piperazine rings is 1. The molecular weight excluding hydrogens is 420 g/mol. The van der Waals surface area contributed by atoms with Crippen molar-refractivity contribution >= 4 is 11.8 Å². The molecule has 2 aliphatic heterocycles. The number of hydrogen-bond donors (Lipinski definition) is 0. The van der Waals surface area contributed by atoms with Crippen LogP contribution in [0.2, 0.25) is 0 Å². The lowest BCUT2D eigenvalue weighted by molar-refractivity contribution is -0.00202. The van der Waals surface area contributed by atoms with Gasteiger partial charge in [0.2, 0.25) is 0 Å². The van der Waals surface area contributed by atoms with Crippen LogP contribution < -0.4 is 0 Å². The standard InChI is InChI=1S/C24H22N6O3/c25-14-17-5-4-8-19(13-17)23(31)28-9-11-29(12-10-28)24(32)22-20-16-33-21(15-30(20)27-26-22)18-6-2-1-3-7-18/h1-8,13,21H,9-12,15-16H2/t21-/m0/s1. The minimum atomic E-state index is -0.198. The van der Waals surface area contributed by atoms with Crippen LogP contribution in [0.5, 0.6) is 0 Å². The maximum absolute atomic E-state index is 13.1. The molecule has 1 aromatic heterocycles. The first-order chi connectivity index (χ1) is 16.1. The smallest absolute Gasteiger partial charge is 0.276 e. The van der Waals surface area contributed by atoms with Gasteiger partial charge in [-0.1, -0.05) is 41.6 Å². The number of amides is 2. The van der Waals surface area contributed by atoms with Crippen LogP contribution in [0, 0.1) is 11.3 Å². The van der Waals surface area contributed by atoms with Crippen molar-refractivity contribution in [3.63, 3.8) is 0 Å². The van der Waals surface area contributed by atoms with E-state index >= 15 is 0 Å². The lowest BCUT2D eigenvalue weighted by Gasteiger charge is -2.34. The molecule has 1 saturated heterocycles. The number of carbonyl (C=O) groups is 2. The van der Waals surface area contributed by atoms with Gasteiger partial charge < -0.3 is 14.5 Å². The molecular formula is C24H22N6O3. The maximum atomic E-state index is 13.1. The Labute approximate surface area is 190 Å². The Morgan fingerprint density at radius 3 is 2.42 bits per heavy atom. The summed E-state index contributed by atoms with van der Waals surface area (Å²) in [6.07, 6.45) is -0.127. The van der Waals surface area contributed by atoms with Crippen molar-refractivity contribution in [1.82, 2.24) is 24.8 Å². The third-order valence-corrected chi connectivity index (χ3v) is 6.06. The van der Waals surface area contributed by atoms with Crippen LogP contribution in [0.25, 0.3) is 0 Å². The first kappa shape index (κ1) is 20.8. The first-order valence-electron chi connectivity index (χ1n) is 10.8. The molecule has 9 heteroatoms. The molecule has 0 N–H and O–H groups in total. The predicted molar refractivity (Wildman–Crippen MR) is 117 cm³/mol. The second-order valence-corrected chi connectivity index (χ2v) is 8.05. The molecule has 0 bridgehead atoms. The van der Waals surface area contributed by atoms with Crippen molar-refractivity contribution in [2.45, 2.75) is 19.3 Å². The van der Waals surface area contributed by atoms with Crippen molar-refractivity contribution in [2.24, 2.45) is 0 Å². The molecule has 0 radical (unpaired) electrons. The fourth-order valence-electron chi connectivity index (χ4n) is 4.21. The van der Waals surface area contributed by atoms with E-state index in [1.165, 1.54) is 0 Å². The summed E-state index contributed by atoms with van der Waals surface area (Å²) < 4.78 is 7.74. The minimum absolute atomic E-state index is 0.127. The zero-order valence-corrected chi connectivity index (χ0v) is 17.9. The van der Waals surface area contributed by atoms with Crippen molar-refractivity contribution in [3.05, 3.63) is 82.7 Å². The lowest BCUT2D eigenvalue weighted by atomic mass is 10.1. The number of nitriles is 1. The van der Waals surface area contributed by atoms with Gasteiger partial charge >= 0.3 is 0 Å². The third kappa shape index (κ3) is 4.08. The number of carbonyl (C=O) groups excluding carboxylic acids is 2. The maximum Gasteiger partial charge on any atom is 0.276 e. The fourth-order valence-corrected chi connectivity index (χ4v) is 4.21. The number of fused-ring (bicyclic) bond motifs is 1. The van der Waals surface area contributed by atoms with Crippen molar-refractivity contribution < 1.29 is 14.3 Å².